The Hall–Kier alpha value is -1.87. The van der Waals surface area contributed by atoms with Crippen LogP contribution in [0.25, 0.3) is 0 Å². The van der Waals surface area contributed by atoms with Crippen LogP contribution in [0.4, 0.5) is 4.39 Å². The van der Waals surface area contributed by atoms with Gasteiger partial charge in [-0.05, 0) is 61.9 Å². The monoisotopic (exact) mass is 527 g/mol. The van der Waals surface area contributed by atoms with Crippen LogP contribution in [-0.2, 0) is 19.7 Å². The number of aliphatic hydroxyl groups is 1. The van der Waals surface area contributed by atoms with Gasteiger partial charge in [0.15, 0.2) is 5.96 Å². The Morgan fingerprint density at radius 2 is 1.83 bits per heavy atom. The SMILES string of the molecule is CN=C(NCc1ccc(F)c(CO)c1)NCc1ccc(C)cc1OC1CCCC1.I. The van der Waals surface area contributed by atoms with Gasteiger partial charge in [0.1, 0.15) is 11.6 Å². The molecule has 0 amide bonds. The number of ether oxygens (including phenoxy) is 1. The molecule has 1 aliphatic carbocycles. The lowest BCUT2D eigenvalue weighted by Gasteiger charge is -2.18. The van der Waals surface area contributed by atoms with Crippen LogP contribution >= 0.6 is 24.0 Å². The highest BCUT2D eigenvalue weighted by Crippen LogP contribution is 2.27. The number of nitrogens with one attached hydrogen (secondary N) is 2. The first-order valence-corrected chi connectivity index (χ1v) is 10.2. The van der Waals surface area contributed by atoms with Gasteiger partial charge in [-0.25, -0.2) is 4.39 Å². The van der Waals surface area contributed by atoms with Crippen LogP contribution in [0.15, 0.2) is 41.4 Å². The van der Waals surface area contributed by atoms with Crippen molar-refractivity contribution in [2.45, 2.75) is 58.4 Å². The summed E-state index contributed by atoms with van der Waals surface area (Å²) in [7, 11) is 1.71. The van der Waals surface area contributed by atoms with Crippen molar-refractivity contribution in [1.82, 2.24) is 10.6 Å². The van der Waals surface area contributed by atoms with E-state index in [-0.39, 0.29) is 30.6 Å². The van der Waals surface area contributed by atoms with Gasteiger partial charge in [0.2, 0.25) is 0 Å². The summed E-state index contributed by atoms with van der Waals surface area (Å²) < 4.78 is 19.8. The van der Waals surface area contributed by atoms with Crippen molar-refractivity contribution < 1.29 is 14.2 Å². The van der Waals surface area contributed by atoms with E-state index in [1.807, 2.05) is 0 Å². The minimum Gasteiger partial charge on any atom is -0.490 e. The van der Waals surface area contributed by atoms with Gasteiger partial charge in [-0.3, -0.25) is 4.99 Å². The fourth-order valence-corrected chi connectivity index (χ4v) is 3.55. The largest absolute Gasteiger partial charge is 0.490 e. The summed E-state index contributed by atoms with van der Waals surface area (Å²) in [6.45, 7) is 2.83. The van der Waals surface area contributed by atoms with Gasteiger partial charge >= 0.3 is 0 Å². The minimum absolute atomic E-state index is 0. The zero-order valence-corrected chi connectivity index (χ0v) is 19.9. The van der Waals surface area contributed by atoms with Crippen molar-refractivity contribution in [3.8, 4) is 5.75 Å². The van der Waals surface area contributed by atoms with E-state index in [1.165, 1.54) is 24.5 Å². The fraction of sp³-hybridized carbons (Fsp3) is 0.435. The summed E-state index contributed by atoms with van der Waals surface area (Å²) >= 11 is 0. The van der Waals surface area contributed by atoms with E-state index in [4.69, 9.17) is 4.74 Å². The first-order chi connectivity index (χ1) is 14.1. The molecule has 1 fully saturated rings. The molecule has 0 radical (unpaired) electrons. The number of aliphatic hydroxyl groups excluding tert-OH is 1. The normalized spacial score (nSPS) is 14.3. The van der Waals surface area contributed by atoms with Crippen molar-refractivity contribution in [3.05, 3.63) is 64.5 Å². The predicted octanol–water partition coefficient (Wildman–Crippen LogP) is 4.43. The van der Waals surface area contributed by atoms with Crippen LogP contribution in [0.3, 0.4) is 0 Å². The lowest BCUT2D eigenvalue weighted by molar-refractivity contribution is 0.207. The van der Waals surface area contributed by atoms with Gasteiger partial charge in [-0.2, -0.15) is 0 Å². The first-order valence-electron chi connectivity index (χ1n) is 10.2. The van der Waals surface area contributed by atoms with E-state index < -0.39 is 5.82 Å². The molecule has 0 aliphatic heterocycles. The minimum atomic E-state index is -0.395. The third kappa shape index (κ3) is 6.84. The molecule has 2 aromatic rings. The molecule has 1 aliphatic rings. The molecule has 5 nitrogen and oxygen atoms in total. The molecule has 0 saturated heterocycles. The number of benzene rings is 2. The highest BCUT2D eigenvalue weighted by atomic mass is 127. The average Bonchev–Trinajstić information content (AvgIpc) is 3.23. The Labute approximate surface area is 195 Å². The fourth-order valence-electron chi connectivity index (χ4n) is 3.55. The van der Waals surface area contributed by atoms with Crippen molar-refractivity contribution in [2.24, 2.45) is 4.99 Å². The molecular weight excluding hydrogens is 496 g/mol. The maximum Gasteiger partial charge on any atom is 0.191 e. The van der Waals surface area contributed by atoms with Gasteiger partial charge < -0.3 is 20.5 Å². The predicted molar refractivity (Wildman–Crippen MR) is 129 cm³/mol. The van der Waals surface area contributed by atoms with Gasteiger partial charge in [-0.1, -0.05) is 18.2 Å². The van der Waals surface area contributed by atoms with Crippen molar-refractivity contribution >= 4 is 29.9 Å². The standard InChI is InChI=1S/C23H30FN3O2.HI/c1-16-7-9-18(22(11-16)29-20-5-3-4-6-20)14-27-23(25-2)26-13-17-8-10-21(24)19(12-17)15-28;/h7-12,20,28H,3-6,13-15H2,1-2H3,(H2,25,26,27);1H. The zero-order valence-electron chi connectivity index (χ0n) is 17.6. The molecule has 0 unspecified atom stereocenters. The molecule has 3 N–H and O–H groups in total. The average molecular weight is 527 g/mol. The van der Waals surface area contributed by atoms with Gasteiger partial charge in [0.25, 0.3) is 0 Å². The second-order valence-corrected chi connectivity index (χ2v) is 7.50. The lowest BCUT2D eigenvalue weighted by atomic mass is 10.1. The summed E-state index contributed by atoms with van der Waals surface area (Å²) in [5.41, 5.74) is 3.44. The van der Waals surface area contributed by atoms with Crippen LogP contribution in [0.5, 0.6) is 5.75 Å². The molecule has 164 valence electrons. The third-order valence-corrected chi connectivity index (χ3v) is 5.23. The van der Waals surface area contributed by atoms with E-state index in [0.717, 1.165) is 29.7 Å². The van der Waals surface area contributed by atoms with E-state index in [9.17, 15) is 9.50 Å². The Morgan fingerprint density at radius 3 is 2.53 bits per heavy atom. The number of hydrogen-bond donors (Lipinski definition) is 3. The summed E-state index contributed by atoms with van der Waals surface area (Å²) in [5.74, 6) is 1.19. The van der Waals surface area contributed by atoms with Crippen LogP contribution in [-0.4, -0.2) is 24.2 Å². The van der Waals surface area contributed by atoms with Crippen LogP contribution in [0.2, 0.25) is 0 Å². The Balaban J connectivity index is 0.00000320. The molecule has 30 heavy (non-hydrogen) atoms. The van der Waals surface area contributed by atoms with Gasteiger partial charge in [-0.15, -0.1) is 24.0 Å². The highest BCUT2D eigenvalue weighted by Gasteiger charge is 2.18. The molecule has 0 heterocycles. The molecule has 0 spiro atoms. The Morgan fingerprint density at radius 1 is 1.10 bits per heavy atom. The van der Waals surface area contributed by atoms with Crippen molar-refractivity contribution in [3.63, 3.8) is 0 Å². The Bertz CT molecular complexity index is 854. The molecular formula is C23H31FIN3O2. The number of aryl methyl sites for hydroxylation is 1. The van der Waals surface area contributed by atoms with Crippen molar-refractivity contribution in [1.29, 1.82) is 0 Å². The van der Waals surface area contributed by atoms with Crippen molar-refractivity contribution in [2.75, 3.05) is 7.05 Å². The van der Waals surface area contributed by atoms with E-state index in [1.54, 1.807) is 19.2 Å². The molecule has 7 heteroatoms. The van der Waals surface area contributed by atoms with E-state index in [2.05, 4.69) is 40.7 Å². The number of hydrogen-bond acceptors (Lipinski definition) is 3. The number of nitrogens with zero attached hydrogens (tertiary/aromatic N) is 1. The van der Waals surface area contributed by atoms with Crippen LogP contribution < -0.4 is 15.4 Å². The second-order valence-electron chi connectivity index (χ2n) is 7.50. The van der Waals surface area contributed by atoms with Gasteiger partial charge in [0, 0.05) is 31.3 Å². The molecule has 2 aromatic carbocycles. The maximum absolute atomic E-state index is 13.5. The number of halogens is 2. The van der Waals surface area contributed by atoms with Crippen LogP contribution in [0.1, 0.15) is 47.9 Å². The maximum atomic E-state index is 13.5. The summed E-state index contributed by atoms with van der Waals surface area (Å²) in [6, 6.07) is 11.0. The molecule has 0 atom stereocenters. The molecule has 0 bridgehead atoms. The summed E-state index contributed by atoms with van der Waals surface area (Å²) in [6.07, 6.45) is 5.03. The number of aliphatic imine (C=N–C) groups is 1. The molecule has 3 rings (SSSR count). The highest BCUT2D eigenvalue weighted by molar-refractivity contribution is 14.0. The van der Waals surface area contributed by atoms with Crippen LogP contribution in [0, 0.1) is 12.7 Å². The lowest BCUT2D eigenvalue weighted by Crippen LogP contribution is -2.36. The topological polar surface area (TPSA) is 65.9 Å². The summed E-state index contributed by atoms with van der Waals surface area (Å²) in [4.78, 5) is 4.26. The first kappa shape index (κ1) is 24.4. The van der Waals surface area contributed by atoms with E-state index in [0.29, 0.717) is 30.7 Å². The molecule has 0 aromatic heterocycles. The molecule has 1 saturated carbocycles. The third-order valence-electron chi connectivity index (χ3n) is 5.23. The quantitative estimate of drug-likeness (QED) is 0.283. The van der Waals surface area contributed by atoms with E-state index >= 15 is 0 Å². The smallest absolute Gasteiger partial charge is 0.191 e. The summed E-state index contributed by atoms with van der Waals surface area (Å²) in [5, 5.41) is 15.8. The Kier molecular flexibility index (Phi) is 9.84. The van der Waals surface area contributed by atoms with Gasteiger partial charge in [0.05, 0.1) is 12.7 Å². The zero-order chi connectivity index (χ0) is 20.6. The number of guanidine groups is 1. The number of rotatable bonds is 7. The second kappa shape index (κ2) is 12.1.